The van der Waals surface area contributed by atoms with E-state index in [4.69, 9.17) is 4.74 Å². The van der Waals surface area contributed by atoms with Crippen LogP contribution in [0.3, 0.4) is 0 Å². The van der Waals surface area contributed by atoms with E-state index in [1.807, 2.05) is 0 Å². The Balaban J connectivity index is 1.41. The van der Waals surface area contributed by atoms with Crippen molar-refractivity contribution in [1.29, 1.82) is 0 Å². The minimum atomic E-state index is -3.61. The van der Waals surface area contributed by atoms with Gasteiger partial charge in [-0.05, 0) is 56.2 Å². The predicted molar refractivity (Wildman–Crippen MR) is 126 cm³/mol. The number of rotatable bonds is 5. The van der Waals surface area contributed by atoms with Crippen molar-refractivity contribution in [2.24, 2.45) is 4.40 Å². The maximum absolute atomic E-state index is 13.2. The standard InChI is InChI=1S/C22H26N4O5S2/c27-20(16-7-3-9-26-10-12-33(29,30)25-19(16)26)24-22-18(15-6-1-2-8-17(15)32-22)21(28)23-13-14-5-4-11-31-14/h3,7,9,14H,1-2,4-6,8,10-13H2,(H,23,28)(H,24,27)/t14-/m1/s1. The number of anilines is 1. The van der Waals surface area contributed by atoms with E-state index in [0.717, 1.165) is 55.6 Å². The third-order valence-corrected chi connectivity index (χ3v) is 8.60. The number of ether oxygens (including phenoxy) is 1. The summed E-state index contributed by atoms with van der Waals surface area (Å²) >= 11 is 1.43. The maximum atomic E-state index is 13.2. The number of aryl methyl sites for hydroxylation is 1. The molecule has 33 heavy (non-hydrogen) atoms. The first-order valence-electron chi connectivity index (χ1n) is 11.2. The summed E-state index contributed by atoms with van der Waals surface area (Å²) < 4.78 is 33.5. The van der Waals surface area contributed by atoms with Crippen molar-refractivity contribution >= 4 is 44.0 Å². The van der Waals surface area contributed by atoms with Gasteiger partial charge in [0.1, 0.15) is 5.00 Å². The van der Waals surface area contributed by atoms with Gasteiger partial charge in [-0.25, -0.2) is 8.42 Å². The van der Waals surface area contributed by atoms with Crippen LogP contribution in [0.5, 0.6) is 0 Å². The number of carbonyl (C=O) groups is 2. The summed E-state index contributed by atoms with van der Waals surface area (Å²) in [7, 11) is -3.61. The molecule has 0 radical (unpaired) electrons. The second-order valence-corrected chi connectivity index (χ2v) is 11.4. The Morgan fingerprint density at radius 2 is 2.06 bits per heavy atom. The van der Waals surface area contributed by atoms with Gasteiger partial charge in [-0.1, -0.05) is 0 Å². The molecule has 1 saturated heterocycles. The molecular formula is C22H26N4O5S2. The van der Waals surface area contributed by atoms with E-state index >= 15 is 0 Å². The fourth-order valence-electron chi connectivity index (χ4n) is 4.56. The van der Waals surface area contributed by atoms with Gasteiger partial charge in [-0.15, -0.1) is 15.7 Å². The summed E-state index contributed by atoms with van der Waals surface area (Å²) in [6.45, 7) is 1.40. The van der Waals surface area contributed by atoms with Gasteiger partial charge >= 0.3 is 0 Å². The SMILES string of the molecule is O=C(Nc1sc2c(c1C(=O)NC[C@H]1CCCO1)CCCC2)C1=CC=CN2CCS(=O)(=O)N=C12. The van der Waals surface area contributed by atoms with Gasteiger partial charge in [0, 0.05) is 30.8 Å². The quantitative estimate of drug-likeness (QED) is 0.652. The summed E-state index contributed by atoms with van der Waals surface area (Å²) in [5.74, 6) is -0.668. The Morgan fingerprint density at radius 1 is 1.21 bits per heavy atom. The molecule has 1 atom stereocenters. The van der Waals surface area contributed by atoms with Crippen LogP contribution >= 0.6 is 11.3 Å². The van der Waals surface area contributed by atoms with Crippen LogP contribution in [-0.2, 0) is 32.4 Å². The average Bonchev–Trinajstić information content (AvgIpc) is 3.44. The molecule has 3 aliphatic heterocycles. The Kier molecular flexibility index (Phi) is 6.11. The number of allylic oxidation sites excluding steroid dienone is 2. The van der Waals surface area contributed by atoms with Crippen LogP contribution in [0.2, 0.25) is 0 Å². The normalized spacial score (nSPS) is 23.3. The number of carbonyl (C=O) groups excluding carboxylic acids is 2. The number of sulfonamides is 1. The number of nitrogens with zero attached hydrogens (tertiary/aromatic N) is 2. The van der Waals surface area contributed by atoms with Crippen molar-refractivity contribution in [3.63, 3.8) is 0 Å². The molecule has 11 heteroatoms. The van der Waals surface area contributed by atoms with Crippen LogP contribution in [0.15, 0.2) is 28.3 Å². The van der Waals surface area contributed by atoms with Crippen molar-refractivity contribution in [3.05, 3.63) is 39.9 Å². The molecule has 9 nitrogen and oxygen atoms in total. The van der Waals surface area contributed by atoms with E-state index in [0.29, 0.717) is 17.1 Å². The predicted octanol–water partition coefficient (Wildman–Crippen LogP) is 1.97. The number of hydrogen-bond donors (Lipinski definition) is 2. The third-order valence-electron chi connectivity index (χ3n) is 6.24. The van der Waals surface area contributed by atoms with Crippen LogP contribution in [0.25, 0.3) is 0 Å². The summed E-state index contributed by atoms with van der Waals surface area (Å²) in [6, 6.07) is 0. The van der Waals surface area contributed by atoms with Crippen molar-refractivity contribution in [3.8, 4) is 0 Å². The van der Waals surface area contributed by atoms with Gasteiger partial charge in [-0.2, -0.15) is 0 Å². The zero-order valence-corrected chi connectivity index (χ0v) is 19.8. The van der Waals surface area contributed by atoms with E-state index < -0.39 is 15.9 Å². The second-order valence-electron chi connectivity index (χ2n) is 8.53. The first-order valence-corrected chi connectivity index (χ1v) is 13.7. The first kappa shape index (κ1) is 22.3. The Labute approximate surface area is 196 Å². The largest absolute Gasteiger partial charge is 0.376 e. The fraction of sp³-hybridized carbons (Fsp3) is 0.500. The molecule has 1 aliphatic carbocycles. The molecule has 2 N–H and O–H groups in total. The van der Waals surface area contributed by atoms with Crippen LogP contribution in [-0.4, -0.2) is 62.5 Å². The number of hydrogen-bond acceptors (Lipinski definition) is 7. The molecule has 0 bridgehead atoms. The minimum absolute atomic E-state index is 0.0258. The molecule has 0 aromatic carbocycles. The highest BCUT2D eigenvalue weighted by Crippen LogP contribution is 2.38. The number of amidine groups is 1. The maximum Gasteiger partial charge on any atom is 0.260 e. The van der Waals surface area contributed by atoms with E-state index in [9.17, 15) is 18.0 Å². The van der Waals surface area contributed by atoms with Crippen LogP contribution in [0, 0.1) is 0 Å². The Hall–Kier alpha value is -2.50. The minimum Gasteiger partial charge on any atom is -0.376 e. The van der Waals surface area contributed by atoms with Gasteiger partial charge in [0.25, 0.3) is 21.8 Å². The Morgan fingerprint density at radius 3 is 2.88 bits per heavy atom. The van der Waals surface area contributed by atoms with Crippen molar-refractivity contribution < 1.29 is 22.7 Å². The Bertz CT molecular complexity index is 1180. The molecule has 0 unspecified atom stereocenters. The summed E-state index contributed by atoms with van der Waals surface area (Å²) in [4.78, 5) is 29.2. The topological polar surface area (TPSA) is 117 Å². The molecule has 1 fully saturated rings. The highest BCUT2D eigenvalue weighted by Gasteiger charge is 2.32. The smallest absolute Gasteiger partial charge is 0.260 e. The van der Waals surface area contributed by atoms with Gasteiger partial charge in [0.2, 0.25) is 0 Å². The van der Waals surface area contributed by atoms with Crippen molar-refractivity contribution in [1.82, 2.24) is 10.2 Å². The number of fused-ring (bicyclic) bond motifs is 2. The number of amides is 2. The molecular weight excluding hydrogens is 464 g/mol. The lowest BCUT2D eigenvalue weighted by molar-refractivity contribution is -0.112. The molecule has 1 aromatic heterocycles. The monoisotopic (exact) mass is 490 g/mol. The molecule has 176 valence electrons. The average molecular weight is 491 g/mol. The van der Waals surface area contributed by atoms with E-state index in [1.54, 1.807) is 23.3 Å². The highest BCUT2D eigenvalue weighted by molar-refractivity contribution is 7.90. The lowest BCUT2D eigenvalue weighted by Gasteiger charge is -2.28. The van der Waals surface area contributed by atoms with Crippen molar-refractivity contribution in [2.45, 2.75) is 44.6 Å². The molecule has 4 heterocycles. The third kappa shape index (κ3) is 4.62. The zero-order chi connectivity index (χ0) is 23.0. The second kappa shape index (κ2) is 9.03. The summed E-state index contributed by atoms with van der Waals surface area (Å²) in [5, 5.41) is 6.37. The van der Waals surface area contributed by atoms with Crippen molar-refractivity contribution in [2.75, 3.05) is 30.8 Å². The van der Waals surface area contributed by atoms with E-state index in [2.05, 4.69) is 15.0 Å². The molecule has 2 amide bonds. The van der Waals surface area contributed by atoms with Gasteiger partial charge in [0.05, 0.1) is 23.0 Å². The molecule has 4 aliphatic rings. The van der Waals surface area contributed by atoms with Gasteiger partial charge in [-0.3, -0.25) is 9.59 Å². The zero-order valence-electron chi connectivity index (χ0n) is 18.1. The van der Waals surface area contributed by atoms with Gasteiger partial charge < -0.3 is 20.3 Å². The summed E-state index contributed by atoms with van der Waals surface area (Å²) in [5.41, 5.74) is 1.68. The molecule has 0 spiro atoms. The van der Waals surface area contributed by atoms with Crippen LogP contribution in [0.4, 0.5) is 5.00 Å². The highest BCUT2D eigenvalue weighted by atomic mass is 32.2. The molecule has 5 rings (SSSR count). The number of nitrogens with one attached hydrogen (secondary N) is 2. The first-order chi connectivity index (χ1) is 15.9. The fourth-order valence-corrected chi connectivity index (χ4v) is 6.83. The lowest BCUT2D eigenvalue weighted by Crippen LogP contribution is -2.41. The molecule has 1 aromatic rings. The number of thiophene rings is 1. The molecule has 0 saturated carbocycles. The summed E-state index contributed by atoms with van der Waals surface area (Å²) in [6.07, 6.45) is 10.6. The van der Waals surface area contributed by atoms with E-state index in [1.165, 1.54) is 11.3 Å². The van der Waals surface area contributed by atoms with Crippen LogP contribution < -0.4 is 10.6 Å². The van der Waals surface area contributed by atoms with Gasteiger partial charge in [0.15, 0.2) is 5.84 Å². The van der Waals surface area contributed by atoms with E-state index in [-0.39, 0.29) is 35.7 Å². The van der Waals surface area contributed by atoms with Crippen LogP contribution in [0.1, 0.15) is 46.5 Å². The lowest BCUT2D eigenvalue weighted by atomic mass is 9.95.